The Kier molecular flexibility index (Phi) is 77.8. The summed E-state index contributed by atoms with van der Waals surface area (Å²) in [5.74, 6) is 6.19. The van der Waals surface area contributed by atoms with Gasteiger partial charge in [-0.15, -0.1) is 0 Å². The summed E-state index contributed by atoms with van der Waals surface area (Å²) < 4.78 is 211. The number of halogens is 6. The standard InChI is InChI=1S/C13H18OS.C11H16N2O2S.2C10H14O.2C10H14.C8H15F3.C8H20N2O2S.C7H16N2O2S.C6H11F3O.C4H12N2O2S.C4H9NO2S.5C2H6.4CH4/c1-13(2,3)12-6-5-10-8-15(4,14)9-11(10)7-12;1-11(2,3)8-13-10-7-5-4-6-9(10)12-16(13,14)15;1-10(2,3)8-5-4-6-9(11)7-8;1-10(2,3)8-6-4-5-7-9(8)11;2*1-10(2,3)9-7-5-4-6-8-9;1-6(2,3)7(4,5)8(9,10)11;1-8(2,3)7-10(6)13(11,12)9(4)5;1-7(2,3)6-9-5-4-8-12(9,10)11;1-5(2,3)4(10)6(7,8)9;1-5(2)9(7,8)6(3)4;1-5-3-2-4-8(5,6)7;5*1-2;;;;/h5-7H,4,8-9H2,1-3H3;4-7,12H,8H2,1-3H3;2*4-7,11H,1-3H3;2*4-8H,1-3H3;1-5H3;7H2,1-6H3;8H,4-6H2,1-3H3;4,10H,1-3H3;1-4H3;2-4H2,1H3;5*1-2H3;4*1H4. The predicted molar refractivity (Wildman–Crippen MR) is 642 cm³/mol. The molecular weight excluding hydrogens is 2040 g/mol. The maximum absolute atomic E-state index is 12.3. The van der Waals surface area contributed by atoms with Crippen molar-refractivity contribution in [2.45, 2.75) is 384 Å². The number of hydrogen-bond donors (Lipinski definition) is 5. The predicted octanol–water partition coefficient (Wildman–Crippen LogP) is 29.5. The monoisotopic (exact) mass is 2260 g/mol. The molecule has 6 aromatic rings. The molecule has 2 fully saturated rings. The van der Waals surface area contributed by atoms with E-state index in [4.69, 9.17) is 5.11 Å². The van der Waals surface area contributed by atoms with E-state index in [1.807, 2.05) is 180 Å². The summed E-state index contributed by atoms with van der Waals surface area (Å²) in [5, 5.41) is 27.2. The molecule has 5 N–H and O–H groups in total. The van der Waals surface area contributed by atoms with Crippen molar-refractivity contribution in [3.8, 4) is 11.5 Å². The number of hydrogen-bond acceptors (Lipinski definition) is 14. The number of rotatable bonds is 7. The van der Waals surface area contributed by atoms with Gasteiger partial charge in [0.05, 0.1) is 22.5 Å². The van der Waals surface area contributed by atoms with E-state index in [1.54, 1.807) is 59.1 Å². The molecule has 886 valence electrons. The molecule has 4 aliphatic rings. The Bertz CT molecular complexity index is 5240. The Labute approximate surface area is 918 Å². The van der Waals surface area contributed by atoms with E-state index < -0.39 is 95.1 Å². The van der Waals surface area contributed by atoms with Crippen LogP contribution in [-0.4, -0.2) is 213 Å². The van der Waals surface area contributed by atoms with Crippen molar-refractivity contribution in [1.82, 2.24) is 30.6 Å². The Morgan fingerprint density at radius 1 is 0.420 bits per heavy atom. The molecular formula is C115H219F6N9O14S6. The molecule has 0 amide bonds. The fourth-order valence-corrected chi connectivity index (χ4v) is 19.6. The quantitative estimate of drug-likeness (QED) is 0.0734. The van der Waals surface area contributed by atoms with Gasteiger partial charge in [-0.05, 0) is 145 Å². The van der Waals surface area contributed by atoms with Crippen LogP contribution in [0, 0.1) is 32.5 Å². The number of anilines is 2. The van der Waals surface area contributed by atoms with Gasteiger partial charge in [0.25, 0.3) is 30.6 Å². The van der Waals surface area contributed by atoms with Crippen LogP contribution in [-0.2, 0) is 99.0 Å². The van der Waals surface area contributed by atoms with E-state index >= 15 is 0 Å². The molecule has 23 nitrogen and oxygen atoms in total. The Hall–Kier alpha value is -6.45. The van der Waals surface area contributed by atoms with Crippen molar-refractivity contribution < 1.29 is 88.0 Å². The van der Waals surface area contributed by atoms with Crippen LogP contribution in [0.25, 0.3) is 0 Å². The minimum Gasteiger partial charge on any atom is -0.508 e. The molecule has 0 aromatic heterocycles. The Morgan fingerprint density at radius 3 is 1.03 bits per heavy atom. The third kappa shape index (κ3) is 66.8. The van der Waals surface area contributed by atoms with E-state index in [-0.39, 0.29) is 62.2 Å². The number of benzene rings is 6. The lowest BCUT2D eigenvalue weighted by Gasteiger charge is -2.40. The zero-order valence-corrected chi connectivity index (χ0v) is 104. The third-order valence-electron chi connectivity index (χ3n) is 21.1. The van der Waals surface area contributed by atoms with Crippen LogP contribution in [0.15, 0.2) is 152 Å². The van der Waals surface area contributed by atoms with Gasteiger partial charge < -0.3 is 15.3 Å². The SMILES string of the molecule is C.C.C.C.C=S1(=O)Cc2ccc(C(C)(C)C)cc2C1.CC.CC.CC.CC.CC.CC(C)(C)C(C)(C)C(F)(F)F.CC(C)(C)C(O)C(F)(F)F.CC(C)(C)CN1CCNS1(=O)=O.CC(C)(C)CN1c2ccccc2NS1(=O)=O.CC(C)(C)c1cccc(O)c1.CC(C)(C)c1ccccc1.CC(C)(C)c1ccccc1.CC(C)(C)c1ccccc1O.CN(C)S(=O)(=O)N(C)C.CN(C)S(=O)(=O)N(C)CC(C)(C)C.CN1CCCS1(=O)=O. The molecule has 2 unspecified atom stereocenters. The van der Waals surface area contributed by atoms with Gasteiger partial charge in [0.2, 0.25) is 10.0 Å². The fourth-order valence-electron chi connectivity index (χ4n) is 11.9. The minimum atomic E-state index is -4.50. The molecule has 6 aromatic carbocycles. The van der Waals surface area contributed by atoms with Crippen molar-refractivity contribution in [3.05, 3.63) is 191 Å². The van der Waals surface area contributed by atoms with E-state index in [2.05, 4.69) is 198 Å². The lowest BCUT2D eigenvalue weighted by Crippen LogP contribution is -2.43. The summed E-state index contributed by atoms with van der Waals surface area (Å²) >= 11 is 0. The van der Waals surface area contributed by atoms with Gasteiger partial charge in [-0.2, -0.15) is 81.5 Å². The molecule has 0 spiro atoms. The van der Waals surface area contributed by atoms with Gasteiger partial charge in [-0.3, -0.25) is 13.2 Å². The fraction of sp³-hybridized carbons (Fsp3) is 0.678. The van der Waals surface area contributed by atoms with Crippen LogP contribution in [0.2, 0.25) is 0 Å². The van der Waals surface area contributed by atoms with Gasteiger partial charge in [0.1, 0.15) is 11.5 Å². The van der Waals surface area contributed by atoms with Crippen LogP contribution in [0.1, 0.15) is 366 Å². The average Bonchev–Trinajstić information content (AvgIpc) is 1.64. The summed E-state index contributed by atoms with van der Waals surface area (Å²) in [6.07, 6.45) is -10.1. The average molecular weight is 2260 g/mol. The molecule has 0 radical (unpaired) electrons. The number of alkyl halides is 6. The highest BCUT2D eigenvalue weighted by atomic mass is 32.2. The summed E-state index contributed by atoms with van der Waals surface area (Å²) in [7, 11) is -5.32. The topological polar surface area (TPSA) is 295 Å². The molecule has 35 heteroatoms. The summed E-state index contributed by atoms with van der Waals surface area (Å²) in [4.78, 5) is 0. The van der Waals surface area contributed by atoms with Crippen LogP contribution < -0.4 is 13.7 Å². The molecule has 150 heavy (non-hydrogen) atoms. The van der Waals surface area contributed by atoms with Gasteiger partial charge in [0, 0.05) is 107 Å². The lowest BCUT2D eigenvalue weighted by molar-refractivity contribution is -0.243. The first kappa shape index (κ1) is 166. The number of phenols is 2. The second-order valence-corrected chi connectivity index (χ2v) is 58.8. The van der Waals surface area contributed by atoms with Gasteiger partial charge in [-0.1, -0.05) is 442 Å². The number of fused-ring (bicyclic) bond motifs is 2. The first-order valence-corrected chi connectivity index (χ1v) is 59.5. The zero-order chi connectivity index (χ0) is 118. The van der Waals surface area contributed by atoms with E-state index in [0.29, 0.717) is 84.5 Å². The maximum Gasteiger partial charge on any atom is 0.414 e. The number of phenolic OH excluding ortho intramolecular Hbond substituents is 2. The maximum atomic E-state index is 12.3. The number of para-hydroxylation sites is 3. The summed E-state index contributed by atoms with van der Waals surface area (Å²) in [6.45, 7) is 85.4. The van der Waals surface area contributed by atoms with Gasteiger partial charge >= 0.3 is 22.6 Å². The number of aliphatic hydroxyl groups is 1. The highest BCUT2D eigenvalue weighted by molar-refractivity contribution is 7.99. The molecule has 0 saturated carbocycles. The second kappa shape index (κ2) is 70.3. The Balaban J connectivity index is -0.000000155. The molecule has 0 aliphatic carbocycles. The molecule has 10 rings (SSSR count). The Morgan fingerprint density at radius 2 is 0.780 bits per heavy atom. The number of nitrogens with zero attached hydrogens (tertiary/aromatic N) is 7. The highest BCUT2D eigenvalue weighted by Crippen LogP contribution is 2.50. The number of nitrogens with one attached hydrogen (secondary N) is 2. The second-order valence-electron chi connectivity index (χ2n) is 46.1. The first-order valence-electron chi connectivity index (χ1n) is 50.1. The molecule has 0 bridgehead atoms. The smallest absolute Gasteiger partial charge is 0.414 e. The van der Waals surface area contributed by atoms with Crippen LogP contribution in [0.3, 0.4) is 0 Å². The van der Waals surface area contributed by atoms with E-state index in [1.165, 1.54) is 126 Å². The van der Waals surface area contributed by atoms with Crippen LogP contribution in [0.5, 0.6) is 11.5 Å². The van der Waals surface area contributed by atoms with Crippen molar-refractivity contribution in [3.63, 3.8) is 0 Å². The van der Waals surface area contributed by atoms with E-state index in [0.717, 1.165) is 31.8 Å². The normalized spacial score (nSPS) is 15.6. The third-order valence-corrected chi connectivity index (χ3v) is 31.3. The number of sulfonamides is 1. The number of aromatic hydroxyl groups is 2. The van der Waals surface area contributed by atoms with Crippen molar-refractivity contribution in [2.24, 2.45) is 32.5 Å². The highest BCUT2D eigenvalue weighted by Gasteiger charge is 2.54. The zero-order valence-electron chi connectivity index (χ0n) is 99.5. The molecule has 4 heterocycles. The molecule has 2 atom stereocenters. The lowest BCUT2D eigenvalue weighted by atomic mass is 9.69. The van der Waals surface area contributed by atoms with Gasteiger partial charge in [-0.25, -0.2) is 17.4 Å². The van der Waals surface area contributed by atoms with Crippen molar-refractivity contribution >= 4 is 77.6 Å². The van der Waals surface area contributed by atoms with Crippen molar-refractivity contribution in [2.75, 3.05) is 110 Å². The molecule has 4 aliphatic heterocycles. The van der Waals surface area contributed by atoms with Crippen molar-refractivity contribution in [1.29, 1.82) is 0 Å². The summed E-state index contributed by atoms with van der Waals surface area (Å²) in [6, 6.07) is 49.7. The minimum absolute atomic E-state index is 0. The first-order chi connectivity index (χ1) is 65.4. The number of aliphatic hydroxyl groups excluding tert-OH is 1. The van der Waals surface area contributed by atoms with E-state index in [9.17, 15) is 82.9 Å². The molecule has 2 saturated heterocycles. The summed E-state index contributed by atoms with van der Waals surface area (Å²) in [5.41, 5.74) is 7.48. The van der Waals surface area contributed by atoms with Crippen LogP contribution >= 0.6 is 0 Å². The largest absolute Gasteiger partial charge is 0.508 e. The van der Waals surface area contributed by atoms with Gasteiger partial charge in [0.15, 0.2) is 6.10 Å². The van der Waals surface area contributed by atoms with Crippen LogP contribution in [0.4, 0.5) is 37.7 Å².